The molecule has 0 aliphatic carbocycles. The molecule has 6 heteroatoms. The Kier molecular flexibility index (Phi) is 2.90. The number of aryl methyl sites for hydroxylation is 1. The van der Waals surface area contributed by atoms with Crippen LogP contribution in [0.5, 0.6) is 0 Å². The average Bonchev–Trinajstić information content (AvgIpc) is 3.12. The molecule has 2 N–H and O–H groups in total. The molecule has 1 aromatic carbocycles. The van der Waals surface area contributed by atoms with E-state index in [4.69, 9.17) is 0 Å². The van der Waals surface area contributed by atoms with E-state index >= 15 is 0 Å². The Labute approximate surface area is 130 Å². The highest BCUT2D eigenvalue weighted by Gasteiger charge is 2.15. The molecule has 0 amide bonds. The zero-order chi connectivity index (χ0) is 16.0. The third-order valence-electron chi connectivity index (χ3n) is 3.98. The standard InChI is InChI=1S/C17H14N4O2/c1-10-3-2-4-11(7-10)14(22)9-21-13-8-19-16-12(5-6-18-16)15(13)20-17(21)23/h2-8H,9H2,1H3,(H,18,19)(H,20,23). The number of ketones is 1. The van der Waals surface area contributed by atoms with E-state index < -0.39 is 0 Å². The molecule has 114 valence electrons. The van der Waals surface area contributed by atoms with Gasteiger partial charge in [-0.2, -0.15) is 0 Å². The monoisotopic (exact) mass is 306 g/mol. The Hall–Kier alpha value is -3.15. The Balaban J connectivity index is 1.81. The number of nitrogens with zero attached hydrogens (tertiary/aromatic N) is 2. The zero-order valence-electron chi connectivity index (χ0n) is 12.5. The first kappa shape index (κ1) is 13.5. The summed E-state index contributed by atoms with van der Waals surface area (Å²) in [6, 6.07) is 9.21. The van der Waals surface area contributed by atoms with Crippen LogP contribution in [0.1, 0.15) is 15.9 Å². The van der Waals surface area contributed by atoms with Crippen LogP contribution in [0.15, 0.2) is 47.5 Å². The zero-order valence-corrected chi connectivity index (χ0v) is 12.5. The van der Waals surface area contributed by atoms with E-state index in [1.165, 1.54) is 4.57 Å². The number of nitrogens with one attached hydrogen (secondary N) is 2. The lowest BCUT2D eigenvalue weighted by Crippen LogP contribution is -2.21. The van der Waals surface area contributed by atoms with E-state index in [-0.39, 0.29) is 18.0 Å². The van der Waals surface area contributed by atoms with Crippen LogP contribution in [-0.2, 0) is 6.54 Å². The van der Waals surface area contributed by atoms with Crippen molar-refractivity contribution < 1.29 is 4.79 Å². The van der Waals surface area contributed by atoms with Gasteiger partial charge < -0.3 is 9.97 Å². The maximum absolute atomic E-state index is 12.5. The molecule has 3 aromatic heterocycles. The molecule has 0 radical (unpaired) electrons. The lowest BCUT2D eigenvalue weighted by Gasteiger charge is -2.04. The molecule has 4 rings (SSSR count). The summed E-state index contributed by atoms with van der Waals surface area (Å²) in [5.74, 6) is -0.106. The van der Waals surface area contributed by atoms with E-state index in [2.05, 4.69) is 15.0 Å². The molecule has 6 nitrogen and oxygen atoms in total. The molecule has 0 aliphatic heterocycles. The van der Waals surface area contributed by atoms with E-state index in [9.17, 15) is 9.59 Å². The minimum atomic E-state index is -0.309. The number of carbonyl (C=O) groups excluding carboxylic acids is 1. The van der Waals surface area contributed by atoms with Crippen molar-refractivity contribution in [2.24, 2.45) is 0 Å². The van der Waals surface area contributed by atoms with Gasteiger partial charge in [-0.3, -0.25) is 9.36 Å². The van der Waals surface area contributed by atoms with Gasteiger partial charge in [0.15, 0.2) is 5.78 Å². The third kappa shape index (κ3) is 2.15. The Morgan fingerprint density at radius 1 is 1.30 bits per heavy atom. The number of rotatable bonds is 3. The van der Waals surface area contributed by atoms with E-state index in [1.807, 2.05) is 31.2 Å². The molecular formula is C17H14N4O2. The second-order valence-electron chi connectivity index (χ2n) is 5.57. The van der Waals surface area contributed by atoms with Crippen LogP contribution in [0.3, 0.4) is 0 Å². The fraction of sp³-hybridized carbons (Fsp3) is 0.118. The van der Waals surface area contributed by atoms with Crippen molar-refractivity contribution in [2.75, 3.05) is 0 Å². The molecule has 3 heterocycles. The quantitative estimate of drug-likeness (QED) is 0.570. The van der Waals surface area contributed by atoms with E-state index in [0.717, 1.165) is 10.9 Å². The summed E-state index contributed by atoms with van der Waals surface area (Å²) in [4.78, 5) is 34.8. The topological polar surface area (TPSA) is 83.5 Å². The number of H-pyrrole nitrogens is 2. The molecule has 4 aromatic rings. The van der Waals surface area contributed by atoms with Gasteiger partial charge in [0.1, 0.15) is 5.65 Å². The number of pyridine rings is 1. The number of fused-ring (bicyclic) bond motifs is 3. The molecule has 0 saturated heterocycles. The first-order chi connectivity index (χ1) is 11.1. The summed E-state index contributed by atoms with van der Waals surface area (Å²) < 4.78 is 1.43. The van der Waals surface area contributed by atoms with Crippen molar-refractivity contribution in [3.8, 4) is 0 Å². The number of benzene rings is 1. The molecule has 23 heavy (non-hydrogen) atoms. The summed E-state index contributed by atoms with van der Waals surface area (Å²) >= 11 is 0. The highest BCUT2D eigenvalue weighted by Crippen LogP contribution is 2.20. The SMILES string of the molecule is Cc1cccc(C(=O)Cn2c(=O)[nH]c3c4cc[nH]c4ncc32)c1. The van der Waals surface area contributed by atoms with Crippen molar-refractivity contribution in [1.29, 1.82) is 0 Å². The van der Waals surface area contributed by atoms with E-state index in [1.54, 1.807) is 18.5 Å². The van der Waals surface area contributed by atoms with Gasteiger partial charge in [-0.15, -0.1) is 0 Å². The largest absolute Gasteiger partial charge is 0.346 e. The molecule has 0 aliphatic rings. The van der Waals surface area contributed by atoms with Gasteiger partial charge >= 0.3 is 5.69 Å². The second kappa shape index (κ2) is 4.95. The van der Waals surface area contributed by atoms with Crippen LogP contribution in [-0.4, -0.2) is 25.3 Å². The molecule has 0 fully saturated rings. The van der Waals surface area contributed by atoms with Crippen LogP contribution in [0.2, 0.25) is 0 Å². The fourth-order valence-electron chi connectivity index (χ4n) is 2.83. The summed E-state index contributed by atoms with van der Waals surface area (Å²) in [6.45, 7) is 1.92. The predicted molar refractivity (Wildman–Crippen MR) is 87.7 cm³/mol. The van der Waals surface area contributed by atoms with Crippen molar-refractivity contribution in [1.82, 2.24) is 19.5 Å². The average molecular weight is 306 g/mol. The predicted octanol–water partition coefficient (Wildman–Crippen LogP) is 2.40. The molecular weight excluding hydrogens is 292 g/mol. The van der Waals surface area contributed by atoms with Crippen molar-refractivity contribution in [3.05, 3.63) is 64.3 Å². The van der Waals surface area contributed by atoms with Gasteiger partial charge in [0.2, 0.25) is 0 Å². The number of imidazole rings is 1. The summed E-state index contributed by atoms with van der Waals surface area (Å²) in [6.07, 6.45) is 3.38. The number of carbonyl (C=O) groups is 1. The normalized spacial score (nSPS) is 11.3. The van der Waals surface area contributed by atoms with Crippen LogP contribution >= 0.6 is 0 Å². The maximum atomic E-state index is 12.5. The van der Waals surface area contributed by atoms with Crippen LogP contribution in [0.25, 0.3) is 22.1 Å². The number of aromatic nitrogens is 4. The minimum Gasteiger partial charge on any atom is -0.346 e. The summed E-state index contributed by atoms with van der Waals surface area (Å²) in [5.41, 5.74) is 3.33. The van der Waals surface area contributed by atoms with Gasteiger partial charge in [-0.05, 0) is 19.1 Å². The maximum Gasteiger partial charge on any atom is 0.326 e. The van der Waals surface area contributed by atoms with E-state index in [0.29, 0.717) is 22.2 Å². The van der Waals surface area contributed by atoms with Gasteiger partial charge in [0.05, 0.1) is 23.8 Å². The fourth-order valence-corrected chi connectivity index (χ4v) is 2.83. The lowest BCUT2D eigenvalue weighted by atomic mass is 10.1. The lowest BCUT2D eigenvalue weighted by molar-refractivity contribution is 0.0972. The van der Waals surface area contributed by atoms with Crippen molar-refractivity contribution in [3.63, 3.8) is 0 Å². The molecule has 0 atom stereocenters. The van der Waals surface area contributed by atoms with Crippen LogP contribution < -0.4 is 5.69 Å². The molecule has 0 spiro atoms. The van der Waals surface area contributed by atoms with Crippen molar-refractivity contribution in [2.45, 2.75) is 13.5 Å². The Morgan fingerprint density at radius 3 is 3.00 bits per heavy atom. The first-order valence-corrected chi connectivity index (χ1v) is 7.28. The van der Waals surface area contributed by atoms with Gasteiger partial charge in [-0.1, -0.05) is 23.8 Å². The number of Topliss-reactive ketones (excluding diaryl/α,β-unsaturated/α-hetero) is 1. The third-order valence-corrected chi connectivity index (χ3v) is 3.98. The Bertz CT molecular complexity index is 1100. The second-order valence-corrected chi connectivity index (χ2v) is 5.57. The molecule has 0 saturated carbocycles. The van der Waals surface area contributed by atoms with Crippen LogP contribution in [0.4, 0.5) is 0 Å². The highest BCUT2D eigenvalue weighted by molar-refractivity contribution is 6.02. The van der Waals surface area contributed by atoms with Gasteiger partial charge in [0, 0.05) is 17.1 Å². The number of aromatic amines is 2. The smallest absolute Gasteiger partial charge is 0.326 e. The van der Waals surface area contributed by atoms with Gasteiger partial charge in [0.25, 0.3) is 0 Å². The first-order valence-electron chi connectivity index (χ1n) is 7.28. The van der Waals surface area contributed by atoms with Crippen LogP contribution in [0, 0.1) is 6.92 Å². The van der Waals surface area contributed by atoms with Crippen molar-refractivity contribution >= 4 is 27.9 Å². The summed E-state index contributed by atoms with van der Waals surface area (Å²) in [5, 5.41) is 0.835. The summed E-state index contributed by atoms with van der Waals surface area (Å²) in [7, 11) is 0. The molecule has 0 unspecified atom stereocenters. The Morgan fingerprint density at radius 2 is 2.17 bits per heavy atom. The number of hydrogen-bond donors (Lipinski definition) is 2. The highest BCUT2D eigenvalue weighted by atomic mass is 16.2. The van der Waals surface area contributed by atoms with Gasteiger partial charge in [-0.25, -0.2) is 9.78 Å². The molecule has 0 bridgehead atoms. The minimum absolute atomic E-state index is 0.0140. The number of hydrogen-bond acceptors (Lipinski definition) is 3.